The predicted octanol–water partition coefficient (Wildman–Crippen LogP) is 1.99. The van der Waals surface area contributed by atoms with Crippen molar-refractivity contribution in [3.63, 3.8) is 0 Å². The van der Waals surface area contributed by atoms with Crippen LogP contribution in [0.15, 0.2) is 48.1 Å². The molecule has 0 aliphatic heterocycles. The Morgan fingerprint density at radius 2 is 2.09 bits per heavy atom. The SMILES string of the molecule is O=[C-]NC(Cc1ccc(OCC2=CC=CCC2)cc1)C(=O)O.[Fm]. The molecule has 23 heavy (non-hydrogen) atoms. The summed E-state index contributed by atoms with van der Waals surface area (Å²) in [5, 5.41) is 11.1. The van der Waals surface area contributed by atoms with Gasteiger partial charge in [0, 0.05) is 6.42 Å². The molecule has 1 aliphatic carbocycles. The van der Waals surface area contributed by atoms with E-state index in [1.54, 1.807) is 24.3 Å². The summed E-state index contributed by atoms with van der Waals surface area (Å²) in [5.74, 6) is -0.345. The molecular weight excluding hydrogens is 539 g/mol. The van der Waals surface area contributed by atoms with E-state index >= 15 is 0 Å². The van der Waals surface area contributed by atoms with Gasteiger partial charge in [-0.25, -0.2) is 0 Å². The predicted molar refractivity (Wildman–Crippen MR) is 82.4 cm³/mol. The van der Waals surface area contributed by atoms with Crippen LogP contribution in [0.25, 0.3) is 0 Å². The molecule has 5 nitrogen and oxygen atoms in total. The zero-order valence-electron chi connectivity index (χ0n) is 12.4. The molecule has 0 fully saturated rings. The second-order valence-corrected chi connectivity index (χ2v) is 5.07. The third kappa shape index (κ3) is 5.38. The minimum Gasteiger partial charge on any atom is -0.520 e. The zero-order chi connectivity index (χ0) is 15.8. The van der Waals surface area contributed by atoms with E-state index in [-0.39, 0.29) is 6.42 Å². The third-order valence-corrected chi connectivity index (χ3v) is 3.42. The number of nitrogens with one attached hydrogen (secondary N) is 1. The minimum absolute atomic E-state index is 0. The fraction of sp³-hybridized carbons (Fsp3) is 0.294. The van der Waals surface area contributed by atoms with Crippen molar-refractivity contribution in [2.75, 3.05) is 6.61 Å². The Balaban J connectivity index is 0.00000264. The molecule has 0 saturated heterocycles. The number of carbonyl (C=O) groups excluding carboxylic acids is 1. The van der Waals surface area contributed by atoms with E-state index in [1.807, 2.05) is 6.08 Å². The number of hydrogen-bond donors (Lipinski definition) is 2. The molecule has 1 atom stereocenters. The van der Waals surface area contributed by atoms with Crippen LogP contribution in [0.2, 0.25) is 0 Å². The number of benzene rings is 1. The van der Waals surface area contributed by atoms with Gasteiger partial charge in [0.05, 0.1) is 0 Å². The molecule has 0 aromatic heterocycles. The minimum atomic E-state index is -1.08. The van der Waals surface area contributed by atoms with Crippen molar-refractivity contribution in [3.8, 4) is 5.75 Å². The van der Waals surface area contributed by atoms with Gasteiger partial charge in [-0.2, -0.15) is 6.41 Å². The largest absolute Gasteiger partial charge is 0.520 e. The van der Waals surface area contributed by atoms with E-state index in [0.29, 0.717) is 6.61 Å². The Labute approximate surface area is 129 Å². The monoisotopic (exact) mass is 557 g/mol. The summed E-state index contributed by atoms with van der Waals surface area (Å²) in [5.41, 5.74) is 2.06. The van der Waals surface area contributed by atoms with E-state index in [2.05, 4.69) is 17.5 Å². The maximum Gasteiger partial charge on any atom is 0.323 e. The van der Waals surface area contributed by atoms with Gasteiger partial charge in [-0.05, 0) is 36.1 Å². The second-order valence-electron chi connectivity index (χ2n) is 5.07. The molecule has 1 aromatic carbocycles. The van der Waals surface area contributed by atoms with Crippen LogP contribution in [-0.2, 0) is 16.0 Å². The van der Waals surface area contributed by atoms with Crippen molar-refractivity contribution in [1.82, 2.24) is 5.32 Å². The molecule has 1 aromatic rings. The third-order valence-electron chi connectivity index (χ3n) is 3.42. The number of carboxylic acid groups (broad SMARTS) is 1. The van der Waals surface area contributed by atoms with Crippen LogP contribution in [0.4, 0.5) is 0 Å². The molecule has 6 heteroatoms. The van der Waals surface area contributed by atoms with Gasteiger partial charge in [-0.1, -0.05) is 30.4 Å². The summed E-state index contributed by atoms with van der Waals surface area (Å²) in [6, 6.07) is 6.24. The standard InChI is InChI=1S/C17H18NO4.Fm/c19-12-18-16(17(20)21)10-13-6-8-15(9-7-13)22-11-14-4-2-1-3-5-14;/h1-2,4,6-9,16H,3,5,10-11H2,(H,18,19)(H,20,21);/q-1;. The first-order valence-electron chi connectivity index (χ1n) is 7.11. The van der Waals surface area contributed by atoms with Gasteiger partial charge in [0.2, 0.25) is 0 Å². The molecule has 0 spiro atoms. The number of carbonyl (C=O) groups is 1. The first-order chi connectivity index (χ1) is 10.7. The number of rotatable bonds is 8. The van der Waals surface area contributed by atoms with Gasteiger partial charge < -0.3 is 20.0 Å². The van der Waals surface area contributed by atoms with Gasteiger partial charge in [-0.3, -0.25) is 4.79 Å². The van der Waals surface area contributed by atoms with E-state index in [1.165, 1.54) is 12.0 Å². The van der Waals surface area contributed by atoms with E-state index < -0.39 is 12.0 Å². The molecule has 0 bridgehead atoms. The summed E-state index contributed by atoms with van der Waals surface area (Å²) in [4.78, 5) is 21.2. The van der Waals surface area contributed by atoms with Crippen molar-refractivity contribution in [2.24, 2.45) is 0 Å². The molecule has 0 saturated carbocycles. The molecule has 2 rings (SSSR count). The average Bonchev–Trinajstić information content (AvgIpc) is 2.54. The Morgan fingerprint density at radius 1 is 1.35 bits per heavy atom. The summed E-state index contributed by atoms with van der Waals surface area (Å²) in [6.07, 6.45) is 9.92. The van der Waals surface area contributed by atoms with Crippen LogP contribution in [0.1, 0.15) is 18.4 Å². The molecular formula is C17H18FmNO4-. The van der Waals surface area contributed by atoms with Crippen molar-refractivity contribution < 1.29 is 19.4 Å². The number of ether oxygens (including phenoxy) is 1. The molecule has 0 radical (unpaired) electrons. The molecule has 1 aliphatic rings. The smallest absolute Gasteiger partial charge is 0.323 e. The Morgan fingerprint density at radius 3 is 2.65 bits per heavy atom. The van der Waals surface area contributed by atoms with Crippen molar-refractivity contribution in [2.45, 2.75) is 25.3 Å². The Bertz CT molecular complexity index is 581. The van der Waals surface area contributed by atoms with Crippen LogP contribution in [-0.4, -0.2) is 30.1 Å². The number of amides is 1. The van der Waals surface area contributed by atoms with Crippen molar-refractivity contribution >= 4 is 12.4 Å². The Kier molecular flexibility index (Phi) is 6.59. The summed E-state index contributed by atoms with van der Waals surface area (Å²) in [7, 11) is 0. The first-order valence-corrected chi connectivity index (χ1v) is 7.11. The van der Waals surface area contributed by atoms with Crippen LogP contribution in [0.5, 0.6) is 5.75 Å². The average molecular weight is 557 g/mol. The topological polar surface area (TPSA) is 75.6 Å². The van der Waals surface area contributed by atoms with Crippen LogP contribution >= 0.6 is 0 Å². The number of carboxylic acids is 1. The first kappa shape index (κ1) is 17.5. The number of hydrogen-bond acceptors (Lipinski definition) is 3. The van der Waals surface area contributed by atoms with Crippen LogP contribution in [0, 0.1) is 0 Å². The molecule has 128 valence electrons. The van der Waals surface area contributed by atoms with Gasteiger partial charge in [0.15, 0.2) is 0 Å². The summed E-state index contributed by atoms with van der Waals surface area (Å²) >= 11 is 0. The van der Waals surface area contributed by atoms with Gasteiger partial charge in [-0.15, -0.1) is 0 Å². The molecule has 0 heterocycles. The molecule has 1 amide bonds. The quantitative estimate of drug-likeness (QED) is 0.379. The summed E-state index contributed by atoms with van der Waals surface area (Å²) < 4.78 is 5.70. The van der Waals surface area contributed by atoms with Crippen molar-refractivity contribution in [1.29, 1.82) is 0 Å². The Hall–Kier alpha value is -3.56. The fourth-order valence-corrected chi connectivity index (χ4v) is 2.18. The number of aliphatic carboxylic acids is 1. The number of allylic oxidation sites excluding steroid dienone is 3. The van der Waals surface area contributed by atoms with E-state index in [0.717, 1.165) is 24.2 Å². The maximum absolute atomic E-state index is 11.0. The fourth-order valence-electron chi connectivity index (χ4n) is 2.18. The van der Waals surface area contributed by atoms with Gasteiger partial charge in [0.25, 0.3) is 0 Å². The van der Waals surface area contributed by atoms with Crippen molar-refractivity contribution in [3.05, 3.63) is 53.6 Å². The maximum atomic E-state index is 11.0. The van der Waals surface area contributed by atoms with Gasteiger partial charge in [0.1, 0.15) is 18.4 Å². The van der Waals surface area contributed by atoms with Crippen LogP contribution in [0.3, 0.4) is 0 Å². The zero-order valence-corrected chi connectivity index (χ0v) is 14.8. The molecule has 1 unspecified atom stereocenters. The summed E-state index contributed by atoms with van der Waals surface area (Å²) in [6.45, 7) is 0.559. The van der Waals surface area contributed by atoms with Crippen LogP contribution < -0.4 is 10.1 Å². The second kappa shape index (κ2) is 8.67. The molecule has 2 N–H and O–H groups in total. The van der Waals surface area contributed by atoms with E-state index in [4.69, 9.17) is 9.84 Å². The van der Waals surface area contributed by atoms with E-state index in [9.17, 15) is 9.59 Å². The van der Waals surface area contributed by atoms with Gasteiger partial charge >= 0.3 is 5.97 Å². The normalized spacial score (nSPS) is 14.2.